The van der Waals surface area contributed by atoms with Crippen LogP contribution in [0.5, 0.6) is 5.75 Å². The topological polar surface area (TPSA) is 42.4 Å². The predicted molar refractivity (Wildman–Crippen MR) is 66.2 cm³/mol. The van der Waals surface area contributed by atoms with Gasteiger partial charge in [-0.2, -0.15) is 0 Å². The Morgan fingerprint density at radius 2 is 2.28 bits per heavy atom. The summed E-state index contributed by atoms with van der Waals surface area (Å²) in [6.07, 6.45) is 1.86. The first-order valence-corrected chi connectivity index (χ1v) is 6.11. The number of para-hydroxylation sites is 1. The van der Waals surface area contributed by atoms with E-state index in [0.29, 0.717) is 23.2 Å². The number of fused-ring (bicyclic) bond motifs is 1. The van der Waals surface area contributed by atoms with Gasteiger partial charge in [0.1, 0.15) is 17.1 Å². The monoisotopic (exact) mass is 247 g/mol. The Hall–Kier alpha value is -1.68. The molecule has 2 aromatic rings. The van der Waals surface area contributed by atoms with E-state index in [1.807, 2.05) is 0 Å². The Bertz CT molecular complexity index is 579. The lowest BCUT2D eigenvalue weighted by Crippen LogP contribution is -2.16. The highest BCUT2D eigenvalue weighted by atomic mass is 19.1. The predicted octanol–water partition coefficient (Wildman–Crippen LogP) is 2.97. The average molecular weight is 247 g/mol. The largest absolute Gasteiger partial charge is 0.506 e. The molecule has 94 valence electrons. The van der Waals surface area contributed by atoms with Crippen LogP contribution in [0, 0.1) is 5.82 Å². The summed E-state index contributed by atoms with van der Waals surface area (Å²) in [5, 5.41) is 10.6. The number of nitrogens with zero attached hydrogens (tertiary/aromatic N) is 1. The maximum absolute atomic E-state index is 13.7. The molecule has 1 aliphatic rings. The Balaban J connectivity index is 2.11. The third kappa shape index (κ3) is 1.93. The van der Waals surface area contributed by atoms with Gasteiger partial charge < -0.3 is 9.84 Å². The number of hydrogen-bond acceptors (Lipinski definition) is 3. The fourth-order valence-electron chi connectivity index (χ4n) is 2.42. The molecule has 4 heteroatoms. The summed E-state index contributed by atoms with van der Waals surface area (Å²) in [5.74, 6) is -0.170. The van der Waals surface area contributed by atoms with E-state index in [-0.39, 0.29) is 17.5 Å². The maximum Gasteiger partial charge on any atom is 0.149 e. The minimum atomic E-state index is -0.356. The third-order valence-electron chi connectivity index (χ3n) is 3.35. The standard InChI is InChI=1S/C14H14FNO2/c15-11-5-1-3-9-7-12(17)14(16-13(9)11)10-4-2-6-18-8-10/h1,3,5,7,10,17H,2,4,6,8H2. The van der Waals surface area contributed by atoms with E-state index >= 15 is 0 Å². The highest BCUT2D eigenvalue weighted by Gasteiger charge is 2.21. The summed E-state index contributed by atoms with van der Waals surface area (Å²) in [7, 11) is 0. The second kappa shape index (κ2) is 4.53. The van der Waals surface area contributed by atoms with E-state index < -0.39 is 0 Å². The lowest BCUT2D eigenvalue weighted by atomic mass is 9.96. The van der Waals surface area contributed by atoms with Crippen LogP contribution in [-0.4, -0.2) is 23.3 Å². The molecule has 0 aliphatic carbocycles. The number of pyridine rings is 1. The van der Waals surface area contributed by atoms with E-state index in [1.54, 1.807) is 18.2 Å². The molecular formula is C14H14FNO2. The Kier molecular flexibility index (Phi) is 2.88. The van der Waals surface area contributed by atoms with Crippen molar-refractivity contribution in [1.29, 1.82) is 0 Å². The van der Waals surface area contributed by atoms with Gasteiger partial charge in [-0.25, -0.2) is 9.37 Å². The molecule has 1 fully saturated rings. The van der Waals surface area contributed by atoms with Gasteiger partial charge in [0.2, 0.25) is 0 Å². The highest BCUT2D eigenvalue weighted by Crippen LogP contribution is 2.33. The summed E-state index contributed by atoms with van der Waals surface area (Å²) in [5.41, 5.74) is 0.864. The first-order valence-electron chi connectivity index (χ1n) is 6.11. The number of hydrogen-bond donors (Lipinski definition) is 1. The Morgan fingerprint density at radius 1 is 1.39 bits per heavy atom. The highest BCUT2D eigenvalue weighted by molar-refractivity contribution is 5.81. The molecule has 3 nitrogen and oxygen atoms in total. The molecule has 0 saturated carbocycles. The van der Waals surface area contributed by atoms with Gasteiger partial charge in [0.25, 0.3) is 0 Å². The Labute approximate surface area is 104 Å². The van der Waals surface area contributed by atoms with Crippen molar-refractivity contribution in [2.75, 3.05) is 13.2 Å². The van der Waals surface area contributed by atoms with Crippen molar-refractivity contribution >= 4 is 10.9 Å². The van der Waals surface area contributed by atoms with Crippen LogP contribution in [0.3, 0.4) is 0 Å². The number of halogens is 1. The van der Waals surface area contributed by atoms with E-state index in [4.69, 9.17) is 4.74 Å². The molecule has 2 heterocycles. The SMILES string of the molecule is Oc1cc2cccc(F)c2nc1C1CCCOC1. The zero-order valence-corrected chi connectivity index (χ0v) is 9.90. The first-order chi connectivity index (χ1) is 8.75. The summed E-state index contributed by atoms with van der Waals surface area (Å²) in [6.45, 7) is 1.29. The van der Waals surface area contributed by atoms with Crippen molar-refractivity contribution in [1.82, 2.24) is 4.98 Å². The van der Waals surface area contributed by atoms with Gasteiger partial charge in [-0.3, -0.25) is 0 Å². The fourth-order valence-corrected chi connectivity index (χ4v) is 2.42. The number of aromatic nitrogens is 1. The number of benzene rings is 1. The second-order valence-corrected chi connectivity index (χ2v) is 4.62. The lowest BCUT2D eigenvalue weighted by molar-refractivity contribution is 0.0786. The summed E-state index contributed by atoms with van der Waals surface area (Å²) < 4.78 is 19.1. The van der Waals surface area contributed by atoms with Crippen LogP contribution in [0.2, 0.25) is 0 Å². The zero-order chi connectivity index (χ0) is 12.5. The van der Waals surface area contributed by atoms with Crippen molar-refractivity contribution < 1.29 is 14.2 Å². The summed E-state index contributed by atoms with van der Waals surface area (Å²) >= 11 is 0. The molecule has 1 N–H and O–H groups in total. The van der Waals surface area contributed by atoms with Crippen LogP contribution in [0.15, 0.2) is 24.3 Å². The fraction of sp³-hybridized carbons (Fsp3) is 0.357. The number of aromatic hydroxyl groups is 1. The van der Waals surface area contributed by atoms with Crippen LogP contribution in [0.25, 0.3) is 10.9 Å². The molecule has 0 spiro atoms. The Morgan fingerprint density at radius 3 is 3.06 bits per heavy atom. The van der Waals surface area contributed by atoms with E-state index in [9.17, 15) is 9.50 Å². The minimum absolute atomic E-state index is 0.0581. The molecule has 1 aliphatic heterocycles. The molecule has 1 unspecified atom stereocenters. The average Bonchev–Trinajstić information content (AvgIpc) is 2.39. The molecule has 0 bridgehead atoms. The van der Waals surface area contributed by atoms with Gasteiger partial charge in [-0.05, 0) is 25.0 Å². The first kappa shape index (κ1) is 11.4. The van der Waals surface area contributed by atoms with Gasteiger partial charge in [0, 0.05) is 17.9 Å². The van der Waals surface area contributed by atoms with Crippen molar-refractivity contribution in [2.24, 2.45) is 0 Å². The summed E-state index contributed by atoms with van der Waals surface area (Å²) in [6, 6.07) is 6.32. The molecule has 0 radical (unpaired) electrons. The third-order valence-corrected chi connectivity index (χ3v) is 3.35. The van der Waals surface area contributed by atoms with Gasteiger partial charge in [-0.1, -0.05) is 12.1 Å². The van der Waals surface area contributed by atoms with Crippen molar-refractivity contribution in [3.8, 4) is 5.75 Å². The van der Waals surface area contributed by atoms with Gasteiger partial charge >= 0.3 is 0 Å². The van der Waals surface area contributed by atoms with Crippen molar-refractivity contribution in [2.45, 2.75) is 18.8 Å². The summed E-state index contributed by atoms with van der Waals surface area (Å²) in [4.78, 5) is 4.29. The van der Waals surface area contributed by atoms with E-state index in [0.717, 1.165) is 19.4 Å². The molecule has 1 atom stereocenters. The van der Waals surface area contributed by atoms with Crippen LogP contribution >= 0.6 is 0 Å². The molecule has 0 amide bonds. The van der Waals surface area contributed by atoms with Crippen LogP contribution in [-0.2, 0) is 4.74 Å². The van der Waals surface area contributed by atoms with E-state index in [2.05, 4.69) is 4.98 Å². The van der Waals surface area contributed by atoms with Gasteiger partial charge in [-0.15, -0.1) is 0 Å². The molecule has 1 saturated heterocycles. The van der Waals surface area contributed by atoms with Gasteiger partial charge in [0.05, 0.1) is 12.3 Å². The van der Waals surface area contributed by atoms with Crippen molar-refractivity contribution in [3.05, 3.63) is 35.8 Å². The number of ether oxygens (including phenoxy) is 1. The van der Waals surface area contributed by atoms with Gasteiger partial charge in [0.15, 0.2) is 0 Å². The molecule has 1 aromatic heterocycles. The van der Waals surface area contributed by atoms with E-state index in [1.165, 1.54) is 6.07 Å². The zero-order valence-electron chi connectivity index (χ0n) is 9.90. The molecule has 18 heavy (non-hydrogen) atoms. The smallest absolute Gasteiger partial charge is 0.149 e. The molecular weight excluding hydrogens is 233 g/mol. The number of rotatable bonds is 1. The van der Waals surface area contributed by atoms with Crippen LogP contribution < -0.4 is 0 Å². The second-order valence-electron chi connectivity index (χ2n) is 4.62. The van der Waals surface area contributed by atoms with Crippen LogP contribution in [0.4, 0.5) is 4.39 Å². The molecule has 3 rings (SSSR count). The van der Waals surface area contributed by atoms with Crippen LogP contribution in [0.1, 0.15) is 24.5 Å². The normalized spacial score (nSPS) is 20.2. The minimum Gasteiger partial charge on any atom is -0.506 e. The quantitative estimate of drug-likeness (QED) is 0.842. The maximum atomic E-state index is 13.7. The molecule has 1 aromatic carbocycles. The lowest BCUT2D eigenvalue weighted by Gasteiger charge is -2.22. The van der Waals surface area contributed by atoms with Crippen molar-refractivity contribution in [3.63, 3.8) is 0 Å².